The van der Waals surface area contributed by atoms with E-state index in [4.69, 9.17) is 18.5 Å². The second kappa shape index (κ2) is 39.3. The van der Waals surface area contributed by atoms with Gasteiger partial charge in [-0.25, -0.2) is 4.57 Å². The molecular formula is C51H81O15P. The molecule has 0 radical (unpaired) electrons. The molecule has 0 aromatic carbocycles. The first-order valence-corrected chi connectivity index (χ1v) is 25.4. The Morgan fingerprint density at radius 2 is 1.04 bits per heavy atom. The van der Waals surface area contributed by atoms with Gasteiger partial charge in [-0.3, -0.25) is 18.6 Å². The molecule has 1 aliphatic carbocycles. The maximum atomic E-state index is 12.8. The number of phosphoric acid groups is 1. The first-order valence-electron chi connectivity index (χ1n) is 23.9. The standard InChI is InChI=1S/C51H81O15P/c1-3-5-7-8-9-10-11-12-13-14-15-16-17-18-19-23-31-37-44(54)63-39-43(40-64-67(61,62)66-51-49(59)47(57)46(56)48(58)50(51)60)65-45(55)38-32-24-21-20-22-28-34-42(53)36-30-26-25-29-35-41(52)33-27-6-4-2/h6,12-13,15-16,18-19,21-22,24-30,35-36,41-43,46-53,56-60H,3-5,7-11,14,17,20,23,31-34,37-40H2,1-2H3,(H,61,62)/b13-12-,16-15-,19-18-,24-21-,26-25-,27-6-,28-22-,35-29+,36-30+/t41-,42+,43+,46?,47-,48+,49+,50+,51?/m0/s1. The van der Waals surface area contributed by atoms with Crippen LogP contribution in [0.25, 0.3) is 0 Å². The van der Waals surface area contributed by atoms with E-state index in [9.17, 15) is 54.8 Å². The number of carbonyl (C=O) groups is 2. The summed E-state index contributed by atoms with van der Waals surface area (Å²) in [6.45, 7) is 2.90. The number of aliphatic hydroxyl groups excluding tert-OH is 7. The summed E-state index contributed by atoms with van der Waals surface area (Å²) in [4.78, 5) is 35.7. The maximum absolute atomic E-state index is 12.8. The van der Waals surface area contributed by atoms with Crippen molar-refractivity contribution in [3.8, 4) is 0 Å². The predicted octanol–water partition coefficient (Wildman–Crippen LogP) is 7.55. The average Bonchev–Trinajstić information content (AvgIpc) is 3.30. The van der Waals surface area contributed by atoms with E-state index in [0.29, 0.717) is 32.1 Å². The smallest absolute Gasteiger partial charge is 0.462 e. The highest BCUT2D eigenvalue weighted by atomic mass is 31.2. The second-order valence-electron chi connectivity index (χ2n) is 16.3. The van der Waals surface area contributed by atoms with Crippen LogP contribution in [0.4, 0.5) is 0 Å². The van der Waals surface area contributed by atoms with Crippen molar-refractivity contribution in [1.29, 1.82) is 0 Å². The van der Waals surface area contributed by atoms with E-state index in [0.717, 1.165) is 25.7 Å². The number of aliphatic hydroxyl groups is 7. The van der Waals surface area contributed by atoms with Gasteiger partial charge in [0.1, 0.15) is 43.2 Å². The number of unbranched alkanes of at least 4 members (excludes halogenated alkanes) is 7. The Morgan fingerprint density at radius 1 is 0.552 bits per heavy atom. The lowest BCUT2D eigenvalue weighted by Gasteiger charge is -2.41. The molecule has 0 spiro atoms. The molecule has 0 aromatic heterocycles. The molecule has 1 rings (SSSR count). The van der Waals surface area contributed by atoms with Gasteiger partial charge in [0.25, 0.3) is 0 Å². The van der Waals surface area contributed by atoms with E-state index < -0.39 is 87.9 Å². The van der Waals surface area contributed by atoms with Crippen LogP contribution in [0.3, 0.4) is 0 Å². The minimum absolute atomic E-state index is 0.0506. The lowest BCUT2D eigenvalue weighted by molar-refractivity contribution is -0.220. The van der Waals surface area contributed by atoms with Crippen molar-refractivity contribution in [3.63, 3.8) is 0 Å². The molecule has 0 bridgehead atoms. The average molecular weight is 965 g/mol. The number of hydrogen-bond donors (Lipinski definition) is 8. The lowest BCUT2D eigenvalue weighted by atomic mass is 9.85. The number of allylic oxidation sites excluding steroid dienone is 14. The third-order valence-corrected chi connectivity index (χ3v) is 11.3. The van der Waals surface area contributed by atoms with Crippen LogP contribution in [0.1, 0.15) is 129 Å². The van der Waals surface area contributed by atoms with Gasteiger partial charge in [0.15, 0.2) is 6.10 Å². The van der Waals surface area contributed by atoms with Crippen molar-refractivity contribution < 1.29 is 73.3 Å². The quantitative estimate of drug-likeness (QED) is 0.00984. The van der Waals surface area contributed by atoms with Gasteiger partial charge in [-0.05, 0) is 70.6 Å². The number of carbonyl (C=O) groups excluding carboxylic acids is 2. The molecule has 8 N–H and O–H groups in total. The van der Waals surface area contributed by atoms with E-state index >= 15 is 0 Å². The minimum atomic E-state index is -5.19. The van der Waals surface area contributed by atoms with Crippen LogP contribution >= 0.6 is 7.82 Å². The molecule has 0 heterocycles. The highest BCUT2D eigenvalue weighted by Crippen LogP contribution is 2.47. The first-order chi connectivity index (χ1) is 32.2. The highest BCUT2D eigenvalue weighted by molar-refractivity contribution is 7.47. The number of esters is 2. The van der Waals surface area contributed by atoms with E-state index in [-0.39, 0.29) is 19.3 Å². The Balaban J connectivity index is 2.60. The van der Waals surface area contributed by atoms with Crippen LogP contribution in [0.5, 0.6) is 0 Å². The fourth-order valence-corrected chi connectivity index (χ4v) is 7.36. The molecule has 380 valence electrons. The van der Waals surface area contributed by atoms with Crippen LogP contribution < -0.4 is 0 Å². The van der Waals surface area contributed by atoms with Gasteiger partial charge in [0.2, 0.25) is 0 Å². The zero-order chi connectivity index (χ0) is 49.5. The second-order valence-corrected chi connectivity index (χ2v) is 17.7. The number of ether oxygens (including phenoxy) is 2. The third kappa shape index (κ3) is 32.0. The van der Waals surface area contributed by atoms with Crippen molar-refractivity contribution >= 4 is 19.8 Å². The van der Waals surface area contributed by atoms with E-state index in [1.165, 1.54) is 38.5 Å². The first kappa shape index (κ1) is 61.4. The summed E-state index contributed by atoms with van der Waals surface area (Å²) in [6, 6.07) is 0. The molecule has 3 unspecified atom stereocenters. The molecule has 10 atom stereocenters. The Bertz CT molecular complexity index is 1620. The monoisotopic (exact) mass is 965 g/mol. The van der Waals surface area contributed by atoms with Crippen LogP contribution in [0.15, 0.2) is 109 Å². The molecule has 0 saturated heterocycles. The van der Waals surface area contributed by atoms with Gasteiger partial charge in [-0.2, -0.15) is 0 Å². The summed E-state index contributed by atoms with van der Waals surface area (Å²) in [6.07, 6.45) is 33.5. The fraction of sp³-hybridized carbons (Fsp3) is 0.608. The van der Waals surface area contributed by atoms with Crippen LogP contribution in [0, 0.1) is 0 Å². The van der Waals surface area contributed by atoms with Crippen LogP contribution in [0.2, 0.25) is 0 Å². The van der Waals surface area contributed by atoms with Gasteiger partial charge >= 0.3 is 19.8 Å². The van der Waals surface area contributed by atoms with E-state index in [1.807, 2.05) is 49.5 Å². The fourth-order valence-electron chi connectivity index (χ4n) is 6.38. The Kier molecular flexibility index (Phi) is 36.0. The molecule has 0 aliphatic heterocycles. The SMILES string of the molecule is CC/C=C\C[C@H](O)/C=C/C=C\C=C\[C@H](O)C/C=C\C/C=C\CCC(=O)O[C@H](COC(=O)CCC/C=C\C/C=C\C/C=C\CCCCCCCC)COP(=O)(O)OC1[C@H](O)[C@H](O)C(O)[C@H](O)[C@H]1O. The molecule has 15 nitrogen and oxygen atoms in total. The maximum Gasteiger partial charge on any atom is 0.472 e. The lowest BCUT2D eigenvalue weighted by Crippen LogP contribution is -2.64. The Labute approximate surface area is 398 Å². The van der Waals surface area contributed by atoms with Crippen molar-refractivity contribution in [2.24, 2.45) is 0 Å². The summed E-state index contributed by atoms with van der Waals surface area (Å²) >= 11 is 0. The topological polar surface area (TPSA) is 250 Å². The van der Waals surface area contributed by atoms with Crippen LogP contribution in [-0.2, 0) is 32.7 Å². The molecule has 1 saturated carbocycles. The molecule has 0 amide bonds. The molecule has 0 aromatic rings. The Morgan fingerprint density at radius 3 is 1.63 bits per heavy atom. The normalized spacial score (nSPS) is 23.1. The Hall–Kier alpha value is -3.57. The highest BCUT2D eigenvalue weighted by Gasteiger charge is 2.51. The molecule has 67 heavy (non-hydrogen) atoms. The summed E-state index contributed by atoms with van der Waals surface area (Å²) in [5.41, 5.74) is 0. The number of phosphoric ester groups is 1. The minimum Gasteiger partial charge on any atom is -0.462 e. The van der Waals surface area contributed by atoms with Gasteiger partial charge in [-0.15, -0.1) is 0 Å². The molecule has 1 fully saturated rings. The molecular weight excluding hydrogens is 884 g/mol. The summed E-state index contributed by atoms with van der Waals surface area (Å²) in [7, 11) is -5.19. The van der Waals surface area contributed by atoms with Crippen molar-refractivity contribution in [2.75, 3.05) is 13.2 Å². The summed E-state index contributed by atoms with van der Waals surface area (Å²) < 4.78 is 33.3. The van der Waals surface area contributed by atoms with Crippen molar-refractivity contribution in [1.82, 2.24) is 0 Å². The van der Waals surface area contributed by atoms with Gasteiger partial charge in [0, 0.05) is 12.8 Å². The van der Waals surface area contributed by atoms with Crippen LogP contribution in [-0.4, -0.2) is 121 Å². The van der Waals surface area contributed by atoms with E-state index in [1.54, 1.807) is 42.5 Å². The summed E-state index contributed by atoms with van der Waals surface area (Å²) in [5.74, 6) is -1.34. The number of rotatable bonds is 37. The third-order valence-electron chi connectivity index (χ3n) is 10.3. The molecule has 16 heteroatoms. The van der Waals surface area contributed by atoms with Crippen molar-refractivity contribution in [3.05, 3.63) is 109 Å². The van der Waals surface area contributed by atoms with Gasteiger partial charge < -0.3 is 50.1 Å². The zero-order valence-corrected chi connectivity index (χ0v) is 40.5. The van der Waals surface area contributed by atoms with E-state index in [2.05, 4.69) is 31.2 Å². The number of hydrogen-bond acceptors (Lipinski definition) is 14. The molecule has 1 aliphatic rings. The summed E-state index contributed by atoms with van der Waals surface area (Å²) in [5, 5.41) is 70.2. The van der Waals surface area contributed by atoms with Crippen molar-refractivity contribution in [2.45, 2.75) is 184 Å². The van der Waals surface area contributed by atoms with Gasteiger partial charge in [0.05, 0.1) is 18.8 Å². The predicted molar refractivity (Wildman–Crippen MR) is 260 cm³/mol. The zero-order valence-electron chi connectivity index (χ0n) is 39.6. The van der Waals surface area contributed by atoms with Gasteiger partial charge in [-0.1, -0.05) is 155 Å². The largest absolute Gasteiger partial charge is 0.472 e.